The topological polar surface area (TPSA) is 58.2 Å². The highest BCUT2D eigenvalue weighted by Crippen LogP contribution is 2.35. The molecule has 0 saturated carbocycles. The molecule has 1 aromatic heterocycles. The summed E-state index contributed by atoms with van der Waals surface area (Å²) in [6, 6.07) is 10.2. The van der Waals surface area contributed by atoms with Crippen molar-refractivity contribution >= 4 is 5.91 Å². The van der Waals surface area contributed by atoms with Crippen LogP contribution >= 0.6 is 0 Å². The zero-order valence-electron chi connectivity index (χ0n) is 13.9. The molecule has 2 heterocycles. The number of aromatic amines is 1. The van der Waals surface area contributed by atoms with Crippen molar-refractivity contribution in [3.8, 4) is 0 Å². The Labute approximate surface area is 142 Å². The van der Waals surface area contributed by atoms with E-state index in [9.17, 15) is 4.79 Å². The molecule has 0 unspecified atom stereocenters. The molecule has 1 fully saturated rings. The number of ether oxygens (including phenoxy) is 1. The van der Waals surface area contributed by atoms with Gasteiger partial charge in [0.25, 0.3) is 0 Å². The number of amides is 1. The molecule has 1 saturated heterocycles. The highest BCUT2D eigenvalue weighted by molar-refractivity contribution is 5.84. The van der Waals surface area contributed by atoms with Gasteiger partial charge in [0.1, 0.15) is 0 Å². The number of rotatable bonds is 2. The normalized spacial score (nSPS) is 26.9. The standard InChI is InChI=1S/C19H23N3O2/c1-13-10-22(17(11-24-13)14-6-3-2-4-7-14)19(23)15-8-5-9-16-18(15)21-12-20-16/h2-4,6-7,12-13,15,17H,5,8-11H2,1H3,(H,20,21)/t13-,15+,17+/m1/s1. The van der Waals surface area contributed by atoms with Crippen molar-refractivity contribution in [1.29, 1.82) is 0 Å². The minimum absolute atomic E-state index is 0.0146. The zero-order valence-corrected chi connectivity index (χ0v) is 13.9. The van der Waals surface area contributed by atoms with Crippen LogP contribution in [-0.4, -0.2) is 40.0 Å². The second-order valence-electron chi connectivity index (χ2n) is 6.77. The van der Waals surface area contributed by atoms with E-state index in [-0.39, 0.29) is 24.0 Å². The summed E-state index contributed by atoms with van der Waals surface area (Å²) in [5.41, 5.74) is 3.20. The number of aromatic nitrogens is 2. The van der Waals surface area contributed by atoms with Crippen molar-refractivity contribution < 1.29 is 9.53 Å². The van der Waals surface area contributed by atoms with E-state index in [0.717, 1.165) is 36.2 Å². The fraction of sp³-hybridized carbons (Fsp3) is 0.474. The maximum Gasteiger partial charge on any atom is 0.232 e. The Morgan fingerprint density at radius 1 is 1.33 bits per heavy atom. The molecule has 1 aromatic carbocycles. The first kappa shape index (κ1) is 15.4. The van der Waals surface area contributed by atoms with Gasteiger partial charge in [-0.25, -0.2) is 4.98 Å². The number of hydrogen-bond donors (Lipinski definition) is 1. The Kier molecular flexibility index (Phi) is 4.10. The Bertz CT molecular complexity index is 712. The number of H-pyrrole nitrogens is 1. The Morgan fingerprint density at radius 2 is 2.17 bits per heavy atom. The molecule has 3 atom stereocenters. The van der Waals surface area contributed by atoms with Gasteiger partial charge in [0, 0.05) is 12.2 Å². The van der Waals surface area contributed by atoms with Gasteiger partial charge in [-0.05, 0) is 31.7 Å². The van der Waals surface area contributed by atoms with E-state index in [4.69, 9.17) is 4.74 Å². The highest BCUT2D eigenvalue weighted by Gasteiger charge is 2.38. The van der Waals surface area contributed by atoms with Crippen LogP contribution in [0.1, 0.15) is 48.7 Å². The van der Waals surface area contributed by atoms with Crippen LogP contribution < -0.4 is 0 Å². The lowest BCUT2D eigenvalue weighted by atomic mass is 9.88. The van der Waals surface area contributed by atoms with Crippen molar-refractivity contribution in [1.82, 2.24) is 14.9 Å². The average molecular weight is 325 g/mol. The van der Waals surface area contributed by atoms with E-state index in [1.807, 2.05) is 30.0 Å². The van der Waals surface area contributed by atoms with Crippen LogP contribution in [0, 0.1) is 0 Å². The summed E-state index contributed by atoms with van der Waals surface area (Å²) in [4.78, 5) is 23.0. The lowest BCUT2D eigenvalue weighted by Crippen LogP contribution is -2.48. The quantitative estimate of drug-likeness (QED) is 0.924. The molecule has 1 aliphatic heterocycles. The van der Waals surface area contributed by atoms with Crippen molar-refractivity contribution in [2.75, 3.05) is 13.2 Å². The lowest BCUT2D eigenvalue weighted by molar-refractivity contribution is -0.146. The number of aryl methyl sites for hydroxylation is 1. The second-order valence-corrected chi connectivity index (χ2v) is 6.77. The van der Waals surface area contributed by atoms with Crippen LogP contribution in [0.25, 0.3) is 0 Å². The molecule has 1 amide bonds. The Balaban J connectivity index is 1.64. The van der Waals surface area contributed by atoms with Crippen LogP contribution in [0.4, 0.5) is 0 Å². The van der Waals surface area contributed by atoms with Crippen LogP contribution in [0.15, 0.2) is 36.7 Å². The number of nitrogens with zero attached hydrogens (tertiary/aromatic N) is 2. The minimum atomic E-state index is -0.128. The van der Waals surface area contributed by atoms with Gasteiger partial charge < -0.3 is 14.6 Å². The molecular weight excluding hydrogens is 302 g/mol. The maximum atomic E-state index is 13.4. The summed E-state index contributed by atoms with van der Waals surface area (Å²) < 4.78 is 5.85. The maximum absolute atomic E-state index is 13.4. The smallest absolute Gasteiger partial charge is 0.232 e. The Hall–Kier alpha value is -2.14. The summed E-state index contributed by atoms with van der Waals surface area (Å²) in [7, 11) is 0. The molecule has 0 spiro atoms. The number of benzene rings is 1. The minimum Gasteiger partial charge on any atom is -0.374 e. The van der Waals surface area contributed by atoms with E-state index in [1.54, 1.807) is 6.33 Å². The number of carbonyl (C=O) groups excluding carboxylic acids is 1. The van der Waals surface area contributed by atoms with Crippen molar-refractivity contribution in [3.63, 3.8) is 0 Å². The van der Waals surface area contributed by atoms with Gasteiger partial charge in [0.15, 0.2) is 0 Å². The summed E-state index contributed by atoms with van der Waals surface area (Å²) in [5, 5.41) is 0. The van der Waals surface area contributed by atoms with E-state index in [0.29, 0.717) is 13.2 Å². The van der Waals surface area contributed by atoms with Gasteiger partial charge in [0.2, 0.25) is 5.91 Å². The van der Waals surface area contributed by atoms with Gasteiger partial charge in [0.05, 0.1) is 36.7 Å². The predicted octanol–water partition coefficient (Wildman–Crippen LogP) is 2.82. The van der Waals surface area contributed by atoms with Gasteiger partial charge in [-0.3, -0.25) is 4.79 Å². The van der Waals surface area contributed by atoms with Gasteiger partial charge in [-0.2, -0.15) is 0 Å². The first-order chi connectivity index (χ1) is 11.7. The summed E-state index contributed by atoms with van der Waals surface area (Å²) in [6.07, 6.45) is 4.68. The molecule has 126 valence electrons. The lowest BCUT2D eigenvalue weighted by Gasteiger charge is -2.41. The first-order valence-electron chi connectivity index (χ1n) is 8.73. The fourth-order valence-corrected chi connectivity index (χ4v) is 3.89. The van der Waals surface area contributed by atoms with Gasteiger partial charge in [-0.15, -0.1) is 0 Å². The predicted molar refractivity (Wildman–Crippen MR) is 90.6 cm³/mol. The molecule has 24 heavy (non-hydrogen) atoms. The number of fused-ring (bicyclic) bond motifs is 1. The van der Waals surface area contributed by atoms with E-state index >= 15 is 0 Å². The van der Waals surface area contributed by atoms with Crippen LogP contribution in [0.5, 0.6) is 0 Å². The Morgan fingerprint density at radius 3 is 3.00 bits per heavy atom. The summed E-state index contributed by atoms with van der Waals surface area (Å²) in [5.74, 6) is 0.0589. The van der Waals surface area contributed by atoms with Crippen LogP contribution in [0.3, 0.4) is 0 Å². The molecule has 2 aliphatic rings. The number of hydrogen-bond acceptors (Lipinski definition) is 3. The van der Waals surface area contributed by atoms with Crippen molar-refractivity contribution in [3.05, 3.63) is 53.6 Å². The zero-order chi connectivity index (χ0) is 16.5. The highest BCUT2D eigenvalue weighted by atomic mass is 16.5. The third kappa shape index (κ3) is 2.73. The molecular formula is C19H23N3O2. The SMILES string of the molecule is C[C@@H]1CN(C(=O)[C@H]2CCCc3[nH]cnc32)[C@H](c2ccccc2)CO1. The van der Waals surface area contributed by atoms with Crippen molar-refractivity contribution in [2.24, 2.45) is 0 Å². The van der Waals surface area contributed by atoms with Gasteiger partial charge in [-0.1, -0.05) is 30.3 Å². The number of nitrogens with one attached hydrogen (secondary N) is 1. The van der Waals surface area contributed by atoms with E-state index in [1.165, 1.54) is 0 Å². The van der Waals surface area contributed by atoms with Gasteiger partial charge >= 0.3 is 0 Å². The molecule has 5 nitrogen and oxygen atoms in total. The average Bonchev–Trinajstić information content (AvgIpc) is 3.10. The number of morpholine rings is 1. The summed E-state index contributed by atoms with van der Waals surface area (Å²) >= 11 is 0. The largest absolute Gasteiger partial charge is 0.374 e. The van der Waals surface area contributed by atoms with E-state index in [2.05, 4.69) is 22.1 Å². The molecule has 1 N–H and O–H groups in total. The summed E-state index contributed by atoms with van der Waals surface area (Å²) in [6.45, 7) is 3.22. The molecule has 0 bridgehead atoms. The molecule has 1 aliphatic carbocycles. The monoisotopic (exact) mass is 325 g/mol. The third-order valence-corrected chi connectivity index (χ3v) is 5.14. The first-order valence-corrected chi connectivity index (χ1v) is 8.73. The van der Waals surface area contributed by atoms with Crippen LogP contribution in [0.2, 0.25) is 0 Å². The number of carbonyl (C=O) groups is 1. The molecule has 0 radical (unpaired) electrons. The second kappa shape index (κ2) is 6.40. The van der Waals surface area contributed by atoms with Crippen LogP contribution in [-0.2, 0) is 16.0 Å². The van der Waals surface area contributed by atoms with Crippen molar-refractivity contribution in [2.45, 2.75) is 44.2 Å². The number of imidazole rings is 1. The van der Waals surface area contributed by atoms with E-state index < -0.39 is 0 Å². The molecule has 4 rings (SSSR count). The third-order valence-electron chi connectivity index (χ3n) is 5.14. The molecule has 5 heteroatoms. The molecule has 2 aromatic rings. The fourth-order valence-electron chi connectivity index (χ4n) is 3.89.